The van der Waals surface area contributed by atoms with E-state index in [1.54, 1.807) is 0 Å². The molecule has 0 atom stereocenters. The van der Waals surface area contributed by atoms with Gasteiger partial charge < -0.3 is 5.32 Å². The first-order chi connectivity index (χ1) is 4.91. The first-order valence-corrected chi connectivity index (χ1v) is 4.72. The van der Waals surface area contributed by atoms with Gasteiger partial charge in [-0.3, -0.25) is 9.11 Å². The van der Waals surface area contributed by atoms with Gasteiger partial charge in [0.2, 0.25) is 0 Å². The Balaban J connectivity index is 0. The summed E-state index contributed by atoms with van der Waals surface area (Å²) in [6.07, 6.45) is 1.24. The Morgan fingerprint density at radius 2 is 1.64 bits per heavy atom. The average Bonchev–Trinajstić information content (AvgIpc) is 1.79. The fourth-order valence-electron chi connectivity index (χ4n) is 0.354. The lowest BCUT2D eigenvalue weighted by molar-refractivity contribution is 0.381. The monoisotopic (exact) mass is 185 g/mol. The van der Waals surface area contributed by atoms with Gasteiger partial charge in [-0.2, -0.15) is 8.42 Å². The van der Waals surface area contributed by atoms with Gasteiger partial charge in [0.25, 0.3) is 0 Å². The van der Waals surface area contributed by atoms with Crippen molar-refractivity contribution in [3.8, 4) is 0 Å². The summed E-state index contributed by atoms with van der Waals surface area (Å²) in [7, 11) is -4.67. The average molecular weight is 185 g/mol. The maximum atomic E-state index is 8.74. The summed E-state index contributed by atoms with van der Waals surface area (Å²) in [5, 5.41) is 3.20. The van der Waals surface area contributed by atoms with E-state index in [4.69, 9.17) is 17.5 Å². The second-order valence-electron chi connectivity index (χ2n) is 1.80. The quantitative estimate of drug-likeness (QED) is 0.436. The number of rotatable bonds is 3. The smallest absolute Gasteiger partial charge is 0.317 e. The molecule has 0 bridgehead atoms. The minimum Gasteiger partial charge on any atom is -0.317 e. The molecule has 0 aliphatic carbocycles. The van der Waals surface area contributed by atoms with Crippen molar-refractivity contribution >= 4 is 10.4 Å². The van der Waals surface area contributed by atoms with Gasteiger partial charge in [-0.05, 0) is 19.5 Å². The standard InChI is InChI=1S/C5H13N.H2O4S/c1-3-5-6-4-2;1-5(2,3)4/h6H,3-5H2,1-2H3;(H2,1,2,3,4). The van der Waals surface area contributed by atoms with Crippen LogP contribution >= 0.6 is 0 Å². The van der Waals surface area contributed by atoms with Crippen LogP contribution in [0.4, 0.5) is 0 Å². The van der Waals surface area contributed by atoms with E-state index in [2.05, 4.69) is 19.2 Å². The molecule has 3 N–H and O–H groups in total. The summed E-state index contributed by atoms with van der Waals surface area (Å²) < 4.78 is 31.6. The molecule has 70 valence electrons. The molecule has 0 aromatic heterocycles. The second-order valence-corrected chi connectivity index (χ2v) is 2.70. The van der Waals surface area contributed by atoms with Crippen molar-refractivity contribution in [1.29, 1.82) is 0 Å². The van der Waals surface area contributed by atoms with E-state index < -0.39 is 10.4 Å². The van der Waals surface area contributed by atoms with Gasteiger partial charge in [0, 0.05) is 0 Å². The van der Waals surface area contributed by atoms with Gasteiger partial charge in [-0.1, -0.05) is 13.8 Å². The molecule has 0 rings (SSSR count). The topological polar surface area (TPSA) is 86.6 Å². The molecule has 0 aliphatic heterocycles. The van der Waals surface area contributed by atoms with Crippen LogP contribution in [0.15, 0.2) is 0 Å². The highest BCUT2D eigenvalue weighted by atomic mass is 32.3. The third-order valence-corrected chi connectivity index (χ3v) is 0.677. The van der Waals surface area contributed by atoms with Crippen molar-refractivity contribution in [2.24, 2.45) is 0 Å². The van der Waals surface area contributed by atoms with Crippen molar-refractivity contribution in [3.63, 3.8) is 0 Å². The summed E-state index contributed by atoms with van der Waals surface area (Å²) in [6, 6.07) is 0. The number of hydrogen-bond acceptors (Lipinski definition) is 3. The molecule has 0 amide bonds. The Morgan fingerprint density at radius 3 is 1.73 bits per heavy atom. The van der Waals surface area contributed by atoms with Crippen LogP contribution in [0.25, 0.3) is 0 Å². The predicted molar refractivity (Wildman–Crippen MR) is 43.0 cm³/mol. The molecule has 0 aromatic rings. The minimum absolute atomic E-state index is 1.10. The fraction of sp³-hybridized carbons (Fsp3) is 1.00. The van der Waals surface area contributed by atoms with E-state index in [1.807, 2.05) is 0 Å². The molecule has 0 unspecified atom stereocenters. The Kier molecular flexibility index (Phi) is 9.68. The molecule has 0 fully saturated rings. The zero-order valence-corrected chi connectivity index (χ0v) is 7.56. The Hall–Kier alpha value is -0.170. The Morgan fingerprint density at radius 1 is 1.27 bits per heavy atom. The molecular weight excluding hydrogens is 170 g/mol. The van der Waals surface area contributed by atoms with Gasteiger partial charge in [-0.15, -0.1) is 0 Å². The molecule has 0 aromatic carbocycles. The second kappa shape index (κ2) is 7.93. The van der Waals surface area contributed by atoms with E-state index >= 15 is 0 Å². The van der Waals surface area contributed by atoms with Crippen LogP contribution in [0.3, 0.4) is 0 Å². The first-order valence-electron chi connectivity index (χ1n) is 3.32. The van der Waals surface area contributed by atoms with Gasteiger partial charge in [0.15, 0.2) is 0 Å². The lowest BCUT2D eigenvalue weighted by Gasteiger charge is -1.91. The maximum Gasteiger partial charge on any atom is 0.394 e. The number of nitrogens with one attached hydrogen (secondary N) is 1. The fourth-order valence-corrected chi connectivity index (χ4v) is 0.354. The molecule has 0 aliphatic rings. The van der Waals surface area contributed by atoms with E-state index in [0.717, 1.165) is 13.1 Å². The first kappa shape index (κ1) is 13.4. The highest BCUT2D eigenvalue weighted by molar-refractivity contribution is 7.79. The summed E-state index contributed by atoms with van der Waals surface area (Å²) in [5.74, 6) is 0. The molecule has 0 radical (unpaired) electrons. The summed E-state index contributed by atoms with van der Waals surface area (Å²) in [4.78, 5) is 0. The lowest BCUT2D eigenvalue weighted by Crippen LogP contribution is -2.12. The zero-order valence-electron chi connectivity index (χ0n) is 6.74. The predicted octanol–water partition coefficient (Wildman–Crippen LogP) is 0.353. The minimum atomic E-state index is -4.67. The Labute approximate surface area is 67.4 Å². The normalized spacial score (nSPS) is 10.2. The van der Waals surface area contributed by atoms with Crippen molar-refractivity contribution < 1.29 is 17.5 Å². The van der Waals surface area contributed by atoms with Crippen LogP contribution in [0, 0.1) is 0 Å². The van der Waals surface area contributed by atoms with Crippen molar-refractivity contribution in [2.75, 3.05) is 13.1 Å². The molecule has 0 spiro atoms. The molecule has 5 nitrogen and oxygen atoms in total. The van der Waals surface area contributed by atoms with Crippen LogP contribution < -0.4 is 5.32 Å². The number of hydrogen-bond donors (Lipinski definition) is 3. The van der Waals surface area contributed by atoms with Gasteiger partial charge >= 0.3 is 10.4 Å². The molecule has 0 heterocycles. The highest BCUT2D eigenvalue weighted by Crippen LogP contribution is 1.65. The maximum absolute atomic E-state index is 8.74. The van der Waals surface area contributed by atoms with Gasteiger partial charge in [0.1, 0.15) is 0 Å². The van der Waals surface area contributed by atoms with Crippen LogP contribution in [-0.2, 0) is 10.4 Å². The highest BCUT2D eigenvalue weighted by Gasteiger charge is 1.84. The molecule has 11 heavy (non-hydrogen) atoms. The van der Waals surface area contributed by atoms with Gasteiger partial charge in [0.05, 0.1) is 0 Å². The van der Waals surface area contributed by atoms with Crippen LogP contribution in [0.5, 0.6) is 0 Å². The third kappa shape index (κ3) is 75.2. The zero-order chi connectivity index (χ0) is 9.33. The molecular formula is C5H15NO4S. The van der Waals surface area contributed by atoms with Crippen molar-refractivity contribution in [1.82, 2.24) is 5.32 Å². The summed E-state index contributed by atoms with van der Waals surface area (Å²) in [6.45, 7) is 6.56. The van der Waals surface area contributed by atoms with Crippen molar-refractivity contribution in [3.05, 3.63) is 0 Å². The van der Waals surface area contributed by atoms with Crippen LogP contribution in [-0.4, -0.2) is 30.6 Å². The van der Waals surface area contributed by atoms with E-state index in [0.29, 0.717) is 0 Å². The summed E-state index contributed by atoms with van der Waals surface area (Å²) >= 11 is 0. The molecule has 6 heteroatoms. The third-order valence-electron chi connectivity index (χ3n) is 0.677. The van der Waals surface area contributed by atoms with E-state index in [1.165, 1.54) is 6.42 Å². The largest absolute Gasteiger partial charge is 0.394 e. The van der Waals surface area contributed by atoms with E-state index in [9.17, 15) is 0 Å². The lowest BCUT2D eigenvalue weighted by atomic mass is 10.5. The Bertz CT molecular complexity index is 142. The molecule has 0 saturated heterocycles. The van der Waals surface area contributed by atoms with Crippen LogP contribution in [0.2, 0.25) is 0 Å². The van der Waals surface area contributed by atoms with E-state index in [-0.39, 0.29) is 0 Å². The van der Waals surface area contributed by atoms with Crippen molar-refractivity contribution in [2.45, 2.75) is 20.3 Å². The SMILES string of the molecule is CCCNCC.O=S(=O)(O)O. The molecule has 0 saturated carbocycles. The van der Waals surface area contributed by atoms with Crippen LogP contribution in [0.1, 0.15) is 20.3 Å². The summed E-state index contributed by atoms with van der Waals surface area (Å²) in [5.41, 5.74) is 0. The van der Waals surface area contributed by atoms with Gasteiger partial charge in [-0.25, -0.2) is 0 Å².